The number of esters is 1. The van der Waals surface area contributed by atoms with Crippen molar-refractivity contribution < 1.29 is 34.1 Å². The fourth-order valence-corrected chi connectivity index (χ4v) is 5.99. The molecule has 9 nitrogen and oxygen atoms in total. The first-order valence-corrected chi connectivity index (χ1v) is 20.7. The first kappa shape index (κ1) is 48.3. The van der Waals surface area contributed by atoms with Crippen LogP contribution in [0.25, 0.3) is 0 Å². The van der Waals surface area contributed by atoms with E-state index in [9.17, 15) is 19.2 Å². The average molecular weight is 721 g/mol. The van der Waals surface area contributed by atoms with Crippen molar-refractivity contribution in [3.05, 3.63) is 24.3 Å². The van der Waals surface area contributed by atoms with Gasteiger partial charge >= 0.3 is 11.9 Å². The van der Waals surface area contributed by atoms with Crippen LogP contribution in [0.5, 0.6) is 0 Å². The molecule has 0 spiro atoms. The van der Waals surface area contributed by atoms with E-state index >= 15 is 0 Å². The number of aliphatic hydroxyl groups excluding tert-OH is 1. The Morgan fingerprint density at radius 3 is 1.65 bits per heavy atom. The molecule has 0 aromatic carbocycles. The van der Waals surface area contributed by atoms with Crippen LogP contribution in [-0.2, 0) is 23.9 Å². The van der Waals surface area contributed by atoms with Gasteiger partial charge in [0.1, 0.15) is 12.1 Å². The van der Waals surface area contributed by atoms with Crippen LogP contribution < -0.4 is 10.6 Å². The van der Waals surface area contributed by atoms with Crippen molar-refractivity contribution in [2.75, 3.05) is 13.2 Å². The third kappa shape index (κ3) is 34.2. The van der Waals surface area contributed by atoms with Crippen molar-refractivity contribution in [3.63, 3.8) is 0 Å². The van der Waals surface area contributed by atoms with E-state index in [-0.39, 0.29) is 24.5 Å². The number of allylic oxidation sites excluding steroid dienone is 4. The number of unbranched alkanes of at least 4 members (excludes halogenated alkanes) is 19. The lowest BCUT2D eigenvalue weighted by Crippen LogP contribution is -2.47. The topological polar surface area (TPSA) is 142 Å². The van der Waals surface area contributed by atoms with Crippen molar-refractivity contribution in [2.24, 2.45) is 0 Å². The summed E-state index contributed by atoms with van der Waals surface area (Å²) in [6.07, 6.45) is 39.1. The summed E-state index contributed by atoms with van der Waals surface area (Å²) >= 11 is 0. The zero-order valence-electron chi connectivity index (χ0n) is 32.6. The van der Waals surface area contributed by atoms with Crippen molar-refractivity contribution >= 4 is 23.8 Å². The Morgan fingerprint density at radius 1 is 0.588 bits per heavy atom. The monoisotopic (exact) mass is 721 g/mol. The predicted octanol–water partition coefficient (Wildman–Crippen LogP) is 9.65. The number of aliphatic hydroxyl groups is 1. The Balaban J connectivity index is 4.30. The molecule has 51 heavy (non-hydrogen) atoms. The van der Waals surface area contributed by atoms with Gasteiger partial charge in [-0.3, -0.25) is 14.4 Å². The van der Waals surface area contributed by atoms with E-state index in [1.54, 1.807) is 0 Å². The van der Waals surface area contributed by atoms with E-state index in [1.165, 1.54) is 77.0 Å². The van der Waals surface area contributed by atoms with Gasteiger partial charge in [-0.05, 0) is 64.2 Å². The number of carboxylic acids is 1. The van der Waals surface area contributed by atoms with Crippen LogP contribution in [0.1, 0.15) is 194 Å². The molecule has 0 radical (unpaired) electrons. The molecule has 0 aliphatic rings. The molecular formula is C42H76N2O7. The summed E-state index contributed by atoms with van der Waals surface area (Å²) in [5.74, 6) is -2.30. The van der Waals surface area contributed by atoms with E-state index in [4.69, 9.17) is 14.9 Å². The summed E-state index contributed by atoms with van der Waals surface area (Å²) in [5.41, 5.74) is 0. The second kappa shape index (κ2) is 37.1. The molecule has 0 aromatic heterocycles. The first-order valence-electron chi connectivity index (χ1n) is 20.7. The lowest BCUT2D eigenvalue weighted by atomic mass is 10.0. The summed E-state index contributed by atoms with van der Waals surface area (Å²) in [4.78, 5) is 47.5. The second-order valence-corrected chi connectivity index (χ2v) is 14.1. The Morgan fingerprint density at radius 2 is 1.10 bits per heavy atom. The molecule has 0 bridgehead atoms. The molecule has 0 fully saturated rings. The molecule has 0 aromatic rings. The summed E-state index contributed by atoms with van der Waals surface area (Å²) in [7, 11) is 0. The number of carbonyl (C=O) groups is 4. The first-order chi connectivity index (χ1) is 24.8. The summed E-state index contributed by atoms with van der Waals surface area (Å²) in [6, 6.07) is -1.38. The number of carbonyl (C=O) groups excluding carboxylic acids is 3. The normalized spacial score (nSPS) is 12.7. The number of ether oxygens (including phenoxy) is 1. The highest BCUT2D eigenvalue weighted by molar-refractivity contribution is 5.87. The SMILES string of the molecule is CCC/C=C\C/C=C\CCCCCCCC(=O)OC(CCCCCCCCCCCC)CCCCCCCC(=O)NCC(=O)NC(CO)C(=O)O. The van der Waals surface area contributed by atoms with Crippen LogP contribution in [-0.4, -0.2) is 59.3 Å². The molecule has 296 valence electrons. The van der Waals surface area contributed by atoms with Crippen LogP contribution in [0.4, 0.5) is 0 Å². The number of rotatable bonds is 37. The maximum Gasteiger partial charge on any atom is 0.328 e. The maximum absolute atomic E-state index is 12.7. The smallest absolute Gasteiger partial charge is 0.328 e. The van der Waals surface area contributed by atoms with Crippen molar-refractivity contribution in [1.82, 2.24) is 10.6 Å². The summed E-state index contributed by atoms with van der Waals surface area (Å²) in [6.45, 7) is 3.41. The number of aliphatic carboxylic acids is 1. The minimum atomic E-state index is -1.38. The Labute approximate surface area is 311 Å². The highest BCUT2D eigenvalue weighted by atomic mass is 16.5. The summed E-state index contributed by atoms with van der Waals surface area (Å²) < 4.78 is 6.00. The molecule has 2 amide bonds. The van der Waals surface area contributed by atoms with Gasteiger partial charge in [-0.25, -0.2) is 4.79 Å². The average Bonchev–Trinajstić information content (AvgIpc) is 3.11. The highest BCUT2D eigenvalue weighted by Gasteiger charge is 2.19. The van der Waals surface area contributed by atoms with Gasteiger partial charge in [0.15, 0.2) is 0 Å². The minimum Gasteiger partial charge on any atom is -0.480 e. The number of hydrogen-bond donors (Lipinski definition) is 4. The third-order valence-corrected chi connectivity index (χ3v) is 9.18. The van der Waals surface area contributed by atoms with Crippen LogP contribution in [0, 0.1) is 0 Å². The molecule has 2 atom stereocenters. The third-order valence-electron chi connectivity index (χ3n) is 9.18. The van der Waals surface area contributed by atoms with Gasteiger partial charge in [-0.2, -0.15) is 0 Å². The number of nitrogens with one attached hydrogen (secondary N) is 2. The van der Waals surface area contributed by atoms with Gasteiger partial charge in [-0.1, -0.05) is 141 Å². The maximum atomic E-state index is 12.7. The molecule has 0 rings (SSSR count). The van der Waals surface area contributed by atoms with E-state index in [0.29, 0.717) is 19.3 Å². The lowest BCUT2D eigenvalue weighted by Gasteiger charge is -2.18. The number of amides is 2. The Hall–Kier alpha value is -2.68. The van der Waals surface area contributed by atoms with E-state index in [2.05, 4.69) is 48.8 Å². The fourth-order valence-electron chi connectivity index (χ4n) is 5.99. The fraction of sp³-hybridized carbons (Fsp3) is 0.810. The summed E-state index contributed by atoms with van der Waals surface area (Å²) in [5, 5.41) is 22.5. The van der Waals surface area contributed by atoms with E-state index in [0.717, 1.165) is 83.5 Å². The molecule has 9 heteroatoms. The van der Waals surface area contributed by atoms with Gasteiger partial charge in [0, 0.05) is 12.8 Å². The molecule has 0 saturated carbocycles. The van der Waals surface area contributed by atoms with Crippen LogP contribution >= 0.6 is 0 Å². The van der Waals surface area contributed by atoms with Gasteiger partial charge in [-0.15, -0.1) is 0 Å². The zero-order chi connectivity index (χ0) is 37.6. The van der Waals surface area contributed by atoms with Crippen LogP contribution in [0.15, 0.2) is 24.3 Å². The van der Waals surface area contributed by atoms with Crippen LogP contribution in [0.2, 0.25) is 0 Å². The van der Waals surface area contributed by atoms with Crippen molar-refractivity contribution in [1.29, 1.82) is 0 Å². The van der Waals surface area contributed by atoms with Gasteiger partial charge in [0.25, 0.3) is 0 Å². The van der Waals surface area contributed by atoms with Crippen molar-refractivity contribution in [2.45, 2.75) is 206 Å². The van der Waals surface area contributed by atoms with Gasteiger partial charge < -0.3 is 25.6 Å². The molecule has 4 N–H and O–H groups in total. The molecule has 0 aliphatic heterocycles. The minimum absolute atomic E-state index is 0.0152. The molecule has 0 saturated heterocycles. The molecule has 0 aliphatic carbocycles. The second-order valence-electron chi connectivity index (χ2n) is 14.1. The van der Waals surface area contributed by atoms with Crippen LogP contribution in [0.3, 0.4) is 0 Å². The molecule has 2 unspecified atom stereocenters. The zero-order valence-corrected chi connectivity index (χ0v) is 32.6. The molecule has 0 heterocycles. The quantitative estimate of drug-likeness (QED) is 0.0284. The van der Waals surface area contributed by atoms with Gasteiger partial charge in [0.05, 0.1) is 13.2 Å². The van der Waals surface area contributed by atoms with Crippen molar-refractivity contribution in [3.8, 4) is 0 Å². The Kier molecular flexibility index (Phi) is 35.1. The predicted molar refractivity (Wildman–Crippen MR) is 208 cm³/mol. The standard InChI is InChI=1S/C42H76N2O7/c1-3-5-7-9-11-13-15-16-17-19-21-26-30-34-41(48)51-37(31-27-23-20-18-14-12-10-8-6-4-2)32-28-24-22-25-29-33-39(46)43-35-40(47)44-38(36-45)42(49)50/h7,9,13,15,37-38,45H,3-6,8,10-12,14,16-36H2,1-2H3,(H,43,46)(H,44,47)(H,49,50)/b9-7-,15-13-. The largest absolute Gasteiger partial charge is 0.480 e. The molecular weight excluding hydrogens is 644 g/mol. The Bertz CT molecular complexity index is 921. The lowest BCUT2D eigenvalue weighted by molar-refractivity contribution is -0.150. The number of carboxylic acid groups (broad SMARTS) is 1. The van der Waals surface area contributed by atoms with E-state index < -0.39 is 24.5 Å². The van der Waals surface area contributed by atoms with E-state index in [1.807, 2.05) is 0 Å². The van der Waals surface area contributed by atoms with Gasteiger partial charge in [0.2, 0.25) is 11.8 Å². The number of hydrogen-bond acceptors (Lipinski definition) is 6. The highest BCUT2D eigenvalue weighted by Crippen LogP contribution is 2.19.